The Morgan fingerprint density at radius 2 is 1.78 bits per heavy atom. The Labute approximate surface area is 208 Å². The lowest BCUT2D eigenvalue weighted by molar-refractivity contribution is -0.121. The van der Waals surface area contributed by atoms with Crippen LogP contribution in [-0.2, 0) is 9.53 Å². The number of carbonyl (C=O) groups is 3. The number of ether oxygens (including phenoxy) is 1. The maximum Gasteiger partial charge on any atom is 0.280 e. The first-order valence-electron chi connectivity index (χ1n) is 11.5. The van der Waals surface area contributed by atoms with Gasteiger partial charge in [-0.2, -0.15) is 4.98 Å². The molecule has 1 fully saturated rings. The fraction of sp³-hybridized carbons (Fsp3) is 0.391. The highest BCUT2D eigenvalue weighted by Crippen LogP contribution is 2.31. The Bertz CT molecular complexity index is 1430. The number of rotatable bonds is 6. The number of fused-ring (bicyclic) bond motifs is 2. The van der Waals surface area contributed by atoms with Gasteiger partial charge in [-0.1, -0.05) is 26.0 Å². The van der Waals surface area contributed by atoms with Crippen molar-refractivity contribution in [1.29, 1.82) is 0 Å². The van der Waals surface area contributed by atoms with Crippen LogP contribution in [-0.4, -0.2) is 88.4 Å². The number of imide groups is 1. The third kappa shape index (κ3) is 3.90. The molecule has 2 aliphatic rings. The predicted octanol–water partition coefficient (Wildman–Crippen LogP) is -1.01. The number of amides is 3. The molecule has 3 aromatic rings. The summed E-state index contributed by atoms with van der Waals surface area (Å²) in [6.07, 6.45) is -3.94. The number of aromatic amines is 1. The van der Waals surface area contributed by atoms with Crippen molar-refractivity contribution in [3.63, 3.8) is 0 Å². The Morgan fingerprint density at radius 1 is 1.14 bits per heavy atom. The SMILES string of the molecule is CC(C)C(C(=O)Nc1nc2c(ncn2C2OC(CO)C(O)C2O)c(=O)[nH]1)N1C(=O)c2ccccc2C1=O. The van der Waals surface area contributed by atoms with Gasteiger partial charge in [0.25, 0.3) is 17.4 Å². The topological polar surface area (TPSA) is 200 Å². The largest absolute Gasteiger partial charge is 0.394 e. The summed E-state index contributed by atoms with van der Waals surface area (Å²) in [4.78, 5) is 63.4. The molecule has 14 nitrogen and oxygen atoms in total. The van der Waals surface area contributed by atoms with Gasteiger partial charge in [0.2, 0.25) is 11.9 Å². The normalized spacial score (nSPS) is 24.2. The number of aliphatic hydroxyl groups excluding tert-OH is 3. The number of hydrogen-bond donors (Lipinski definition) is 5. The molecule has 2 aliphatic heterocycles. The van der Waals surface area contributed by atoms with Crippen molar-refractivity contribution in [1.82, 2.24) is 24.4 Å². The van der Waals surface area contributed by atoms with Crippen LogP contribution in [0.2, 0.25) is 0 Å². The molecule has 0 spiro atoms. The molecule has 4 heterocycles. The standard InChI is InChI=1S/C23H24N6O8/c1-9(2)14(29-20(35)10-5-3-4-6-11(10)21(29)36)19(34)27-23-25-17-13(18(33)26-23)24-8-28(17)22-16(32)15(31)12(7-30)37-22/h3-6,8-9,12,14-16,22,30-32H,7H2,1-2H3,(H2,25,26,27,33,34). The van der Waals surface area contributed by atoms with Gasteiger partial charge in [0.05, 0.1) is 24.1 Å². The quantitative estimate of drug-likeness (QED) is 0.255. The van der Waals surface area contributed by atoms with Crippen molar-refractivity contribution in [2.75, 3.05) is 11.9 Å². The fourth-order valence-corrected chi connectivity index (χ4v) is 4.65. The molecule has 0 saturated carbocycles. The van der Waals surface area contributed by atoms with Crippen molar-refractivity contribution < 1.29 is 34.4 Å². The van der Waals surface area contributed by atoms with Gasteiger partial charge in [-0.25, -0.2) is 4.98 Å². The minimum Gasteiger partial charge on any atom is -0.394 e. The number of benzene rings is 1. The van der Waals surface area contributed by atoms with Crippen molar-refractivity contribution >= 4 is 34.8 Å². The monoisotopic (exact) mass is 512 g/mol. The smallest absolute Gasteiger partial charge is 0.280 e. The summed E-state index contributed by atoms with van der Waals surface area (Å²) in [5.41, 5.74) is -0.526. The summed E-state index contributed by atoms with van der Waals surface area (Å²) in [6.45, 7) is 2.79. The molecule has 0 aliphatic carbocycles. The van der Waals surface area contributed by atoms with Crippen LogP contribution in [0, 0.1) is 5.92 Å². The summed E-state index contributed by atoms with van der Waals surface area (Å²) < 4.78 is 6.69. The van der Waals surface area contributed by atoms with Gasteiger partial charge in [0.15, 0.2) is 17.4 Å². The van der Waals surface area contributed by atoms with Gasteiger partial charge in [-0.15, -0.1) is 0 Å². The fourth-order valence-electron chi connectivity index (χ4n) is 4.65. The number of anilines is 1. The van der Waals surface area contributed by atoms with Crippen molar-refractivity contribution in [2.24, 2.45) is 5.92 Å². The molecule has 5 unspecified atom stereocenters. The number of imidazole rings is 1. The molecule has 37 heavy (non-hydrogen) atoms. The van der Waals surface area contributed by atoms with E-state index < -0.39 is 66.4 Å². The summed E-state index contributed by atoms with van der Waals surface area (Å²) in [6, 6.07) is 5.06. The highest BCUT2D eigenvalue weighted by Gasteiger charge is 2.45. The molecule has 3 amide bonds. The van der Waals surface area contributed by atoms with Crippen LogP contribution in [0.15, 0.2) is 35.4 Å². The molecule has 0 bridgehead atoms. The second-order valence-electron chi connectivity index (χ2n) is 9.17. The average molecular weight is 512 g/mol. The van der Waals surface area contributed by atoms with Crippen LogP contribution >= 0.6 is 0 Å². The zero-order valence-corrected chi connectivity index (χ0v) is 19.7. The minimum absolute atomic E-state index is 0.0734. The van der Waals surface area contributed by atoms with E-state index in [9.17, 15) is 34.5 Å². The molecule has 14 heteroatoms. The first kappa shape index (κ1) is 24.7. The van der Waals surface area contributed by atoms with Gasteiger partial charge >= 0.3 is 0 Å². The summed E-state index contributed by atoms with van der Waals surface area (Å²) in [5.74, 6) is -2.74. The lowest BCUT2D eigenvalue weighted by atomic mass is 10.0. The number of nitrogens with one attached hydrogen (secondary N) is 2. The van der Waals surface area contributed by atoms with E-state index in [1.165, 1.54) is 23.0 Å². The summed E-state index contributed by atoms with van der Waals surface area (Å²) >= 11 is 0. The van der Waals surface area contributed by atoms with Crippen LogP contribution in [0.25, 0.3) is 11.2 Å². The molecular formula is C23H24N6O8. The van der Waals surface area contributed by atoms with Crippen molar-refractivity contribution in [3.05, 3.63) is 52.1 Å². The minimum atomic E-state index is -1.45. The number of aromatic nitrogens is 4. The highest BCUT2D eigenvalue weighted by atomic mass is 16.6. The van der Waals surface area contributed by atoms with Crippen LogP contribution < -0.4 is 10.9 Å². The molecule has 2 aromatic heterocycles. The van der Waals surface area contributed by atoms with Crippen LogP contribution in [0.3, 0.4) is 0 Å². The van der Waals surface area contributed by atoms with E-state index in [-0.39, 0.29) is 28.2 Å². The highest BCUT2D eigenvalue weighted by molar-refractivity contribution is 6.23. The predicted molar refractivity (Wildman–Crippen MR) is 125 cm³/mol. The van der Waals surface area contributed by atoms with Crippen LogP contribution in [0.5, 0.6) is 0 Å². The second kappa shape index (κ2) is 9.15. The maximum atomic E-state index is 13.3. The Balaban J connectivity index is 1.46. The third-order valence-electron chi connectivity index (χ3n) is 6.47. The van der Waals surface area contributed by atoms with E-state index in [0.717, 1.165) is 4.90 Å². The Hall–Kier alpha value is -3.98. The molecule has 5 rings (SSSR count). The van der Waals surface area contributed by atoms with E-state index in [4.69, 9.17) is 4.74 Å². The molecule has 5 atom stereocenters. The van der Waals surface area contributed by atoms with Gasteiger partial charge in [0.1, 0.15) is 24.4 Å². The van der Waals surface area contributed by atoms with Gasteiger partial charge in [-0.05, 0) is 18.1 Å². The first-order chi connectivity index (χ1) is 17.6. The Morgan fingerprint density at radius 3 is 2.35 bits per heavy atom. The molecule has 194 valence electrons. The van der Waals surface area contributed by atoms with E-state index in [2.05, 4.69) is 20.3 Å². The van der Waals surface area contributed by atoms with E-state index in [1.807, 2.05) is 0 Å². The lowest BCUT2D eigenvalue weighted by Gasteiger charge is -2.28. The molecule has 1 aromatic carbocycles. The van der Waals surface area contributed by atoms with E-state index in [1.54, 1.807) is 26.0 Å². The average Bonchev–Trinajstić information content (AvgIpc) is 3.49. The lowest BCUT2D eigenvalue weighted by Crippen LogP contribution is -2.50. The first-order valence-corrected chi connectivity index (χ1v) is 11.5. The van der Waals surface area contributed by atoms with Gasteiger partial charge in [0, 0.05) is 0 Å². The number of aliphatic hydroxyl groups is 3. The molecule has 0 radical (unpaired) electrons. The number of hydrogen-bond acceptors (Lipinski definition) is 10. The number of H-pyrrole nitrogens is 1. The van der Waals surface area contributed by atoms with Gasteiger partial charge < -0.3 is 20.1 Å². The van der Waals surface area contributed by atoms with Crippen molar-refractivity contribution in [3.8, 4) is 0 Å². The zero-order chi connectivity index (χ0) is 26.6. The third-order valence-corrected chi connectivity index (χ3v) is 6.47. The second-order valence-corrected chi connectivity index (χ2v) is 9.17. The number of nitrogens with zero attached hydrogens (tertiary/aromatic N) is 4. The number of carbonyl (C=O) groups excluding carboxylic acids is 3. The van der Waals surface area contributed by atoms with Crippen LogP contribution in [0.1, 0.15) is 40.8 Å². The van der Waals surface area contributed by atoms with E-state index >= 15 is 0 Å². The maximum absolute atomic E-state index is 13.3. The molecule has 1 saturated heterocycles. The summed E-state index contributed by atoms with van der Waals surface area (Å²) in [7, 11) is 0. The van der Waals surface area contributed by atoms with Gasteiger partial charge in [-0.3, -0.25) is 38.9 Å². The summed E-state index contributed by atoms with van der Waals surface area (Å²) in [5, 5.41) is 32.3. The molecular weight excluding hydrogens is 488 g/mol. The molecule has 5 N–H and O–H groups in total. The Kier molecular flexibility index (Phi) is 6.11. The van der Waals surface area contributed by atoms with E-state index in [0.29, 0.717) is 0 Å². The van der Waals surface area contributed by atoms with Crippen LogP contribution in [0.4, 0.5) is 5.95 Å². The zero-order valence-electron chi connectivity index (χ0n) is 19.7. The van der Waals surface area contributed by atoms with Crippen molar-refractivity contribution in [2.45, 2.75) is 44.4 Å².